The van der Waals surface area contributed by atoms with E-state index < -0.39 is 0 Å². The molecule has 0 aromatic carbocycles. The molecule has 96 valence electrons. The summed E-state index contributed by atoms with van der Waals surface area (Å²) in [5.41, 5.74) is 4.01. The van der Waals surface area contributed by atoms with Crippen LogP contribution in [0.25, 0.3) is 0 Å². The Kier molecular flexibility index (Phi) is 3.34. The van der Waals surface area contributed by atoms with Gasteiger partial charge in [0.1, 0.15) is 0 Å². The van der Waals surface area contributed by atoms with Crippen molar-refractivity contribution in [2.24, 2.45) is 11.8 Å². The Morgan fingerprint density at radius 2 is 2.18 bits per heavy atom. The first kappa shape index (κ1) is 13.0. The van der Waals surface area contributed by atoms with E-state index in [4.69, 9.17) is 10.6 Å². The predicted octanol–water partition coefficient (Wildman–Crippen LogP) is 2.85. The molecule has 1 aliphatic rings. The number of hydrogen-bond donors (Lipinski definition) is 2. The molecule has 2 heterocycles. The summed E-state index contributed by atoms with van der Waals surface area (Å²) in [5, 5.41) is 4.25. The number of nitrogens with one attached hydrogen (secondary N) is 1. The highest BCUT2D eigenvalue weighted by Crippen LogP contribution is 2.47. The summed E-state index contributed by atoms with van der Waals surface area (Å²) in [4.78, 5) is 0. The largest absolute Gasteiger partial charge is 0.369 e. The standard InChI is InChI=1S/C13H22N2OS/c1-12(2)7-10(13(3,4)16-12)11(15-14)9-5-6-17-8-9/h5-6,8,10-11,15H,7,14H2,1-4H3. The molecule has 4 heteroatoms. The van der Waals surface area contributed by atoms with Gasteiger partial charge < -0.3 is 4.74 Å². The van der Waals surface area contributed by atoms with Gasteiger partial charge in [-0.15, -0.1) is 0 Å². The Balaban J connectivity index is 2.26. The summed E-state index contributed by atoms with van der Waals surface area (Å²) in [6, 6.07) is 2.30. The van der Waals surface area contributed by atoms with Gasteiger partial charge in [-0.05, 0) is 56.5 Å². The zero-order valence-corrected chi connectivity index (χ0v) is 11.8. The molecule has 0 radical (unpaired) electrons. The van der Waals surface area contributed by atoms with Gasteiger partial charge >= 0.3 is 0 Å². The van der Waals surface area contributed by atoms with Gasteiger partial charge in [0.2, 0.25) is 0 Å². The second-order valence-corrected chi connectivity index (χ2v) is 6.76. The van der Waals surface area contributed by atoms with E-state index in [-0.39, 0.29) is 17.2 Å². The fourth-order valence-corrected chi connectivity index (χ4v) is 3.72. The van der Waals surface area contributed by atoms with Crippen LogP contribution in [-0.2, 0) is 4.74 Å². The molecule has 3 N–H and O–H groups in total. The van der Waals surface area contributed by atoms with Crippen LogP contribution in [0.3, 0.4) is 0 Å². The van der Waals surface area contributed by atoms with Crippen LogP contribution < -0.4 is 11.3 Å². The molecule has 1 aromatic heterocycles. The third-order valence-corrected chi connectivity index (χ3v) is 4.33. The molecule has 1 aromatic rings. The van der Waals surface area contributed by atoms with E-state index in [1.807, 2.05) is 0 Å². The van der Waals surface area contributed by atoms with Crippen LogP contribution in [0.2, 0.25) is 0 Å². The SMILES string of the molecule is CC1(C)CC(C(NN)c2ccsc2)C(C)(C)O1. The molecule has 1 saturated heterocycles. The Bertz CT molecular complexity index is 373. The van der Waals surface area contributed by atoms with Crippen LogP contribution in [0.4, 0.5) is 0 Å². The smallest absolute Gasteiger partial charge is 0.0681 e. The lowest BCUT2D eigenvalue weighted by atomic mass is 9.80. The first-order valence-electron chi connectivity index (χ1n) is 6.04. The molecule has 0 bridgehead atoms. The van der Waals surface area contributed by atoms with Crippen LogP contribution in [-0.4, -0.2) is 11.2 Å². The maximum atomic E-state index is 6.14. The highest BCUT2D eigenvalue weighted by Gasteiger charge is 2.49. The fraction of sp³-hybridized carbons (Fsp3) is 0.692. The van der Waals surface area contributed by atoms with E-state index in [0.717, 1.165) is 6.42 Å². The number of ether oxygens (including phenoxy) is 1. The van der Waals surface area contributed by atoms with Gasteiger partial charge in [-0.2, -0.15) is 11.3 Å². The Hall–Kier alpha value is -0.420. The van der Waals surface area contributed by atoms with Crippen LogP contribution in [0.15, 0.2) is 16.8 Å². The monoisotopic (exact) mass is 254 g/mol. The molecule has 1 aliphatic heterocycles. The van der Waals surface area contributed by atoms with E-state index in [1.54, 1.807) is 11.3 Å². The minimum absolute atomic E-state index is 0.0702. The molecule has 0 saturated carbocycles. The van der Waals surface area contributed by atoms with Crippen molar-refractivity contribution in [2.45, 2.75) is 51.4 Å². The summed E-state index contributed by atoms with van der Waals surface area (Å²) in [5.74, 6) is 6.14. The Morgan fingerprint density at radius 3 is 2.59 bits per heavy atom. The number of nitrogens with two attached hydrogens (primary N) is 1. The molecule has 2 rings (SSSR count). The number of thiophene rings is 1. The van der Waals surface area contributed by atoms with Gasteiger partial charge in [0, 0.05) is 5.92 Å². The fourth-order valence-electron chi connectivity index (χ4n) is 3.02. The first-order chi connectivity index (χ1) is 7.86. The highest BCUT2D eigenvalue weighted by atomic mass is 32.1. The maximum absolute atomic E-state index is 6.14. The molecule has 3 nitrogen and oxygen atoms in total. The lowest BCUT2D eigenvalue weighted by molar-refractivity contribution is -0.0778. The van der Waals surface area contributed by atoms with E-state index in [0.29, 0.717) is 5.92 Å². The van der Waals surface area contributed by atoms with Crippen molar-refractivity contribution in [2.75, 3.05) is 0 Å². The molecule has 0 aliphatic carbocycles. The molecular formula is C13H22N2OS. The van der Waals surface area contributed by atoms with Crippen molar-refractivity contribution in [3.05, 3.63) is 22.4 Å². The van der Waals surface area contributed by atoms with Crippen LogP contribution in [0.5, 0.6) is 0 Å². The second kappa shape index (κ2) is 4.35. The Morgan fingerprint density at radius 1 is 1.47 bits per heavy atom. The lowest BCUT2D eigenvalue weighted by Crippen LogP contribution is -2.41. The van der Waals surface area contributed by atoms with Gasteiger partial charge in [-0.1, -0.05) is 0 Å². The zero-order chi connectivity index (χ0) is 12.7. The number of hydrazine groups is 1. The first-order valence-corrected chi connectivity index (χ1v) is 6.98. The molecule has 2 unspecified atom stereocenters. The van der Waals surface area contributed by atoms with Crippen molar-refractivity contribution in [1.82, 2.24) is 5.43 Å². The van der Waals surface area contributed by atoms with Crippen LogP contribution >= 0.6 is 11.3 Å². The third-order valence-electron chi connectivity index (χ3n) is 3.63. The van der Waals surface area contributed by atoms with Gasteiger partial charge in [-0.3, -0.25) is 11.3 Å². The molecule has 1 fully saturated rings. The van der Waals surface area contributed by atoms with Crippen molar-refractivity contribution in [3.8, 4) is 0 Å². The zero-order valence-electron chi connectivity index (χ0n) is 11.0. The lowest BCUT2D eigenvalue weighted by Gasteiger charge is -2.32. The van der Waals surface area contributed by atoms with E-state index >= 15 is 0 Å². The highest BCUT2D eigenvalue weighted by molar-refractivity contribution is 7.07. The summed E-state index contributed by atoms with van der Waals surface area (Å²) in [6.45, 7) is 8.61. The molecule has 0 amide bonds. The minimum Gasteiger partial charge on any atom is -0.369 e. The number of rotatable bonds is 3. The van der Waals surface area contributed by atoms with Gasteiger partial charge in [0.15, 0.2) is 0 Å². The quantitative estimate of drug-likeness (QED) is 0.644. The van der Waals surface area contributed by atoms with E-state index in [9.17, 15) is 0 Å². The van der Waals surface area contributed by atoms with Gasteiger partial charge in [-0.25, -0.2) is 0 Å². The topological polar surface area (TPSA) is 47.3 Å². The normalized spacial score (nSPS) is 28.2. The summed E-state index contributed by atoms with van der Waals surface area (Å²) in [6.07, 6.45) is 1.02. The van der Waals surface area contributed by atoms with E-state index in [2.05, 4.69) is 49.9 Å². The summed E-state index contributed by atoms with van der Waals surface area (Å²) >= 11 is 1.71. The average molecular weight is 254 g/mol. The summed E-state index contributed by atoms with van der Waals surface area (Å²) in [7, 11) is 0. The van der Waals surface area contributed by atoms with Crippen molar-refractivity contribution >= 4 is 11.3 Å². The Labute approximate surface area is 107 Å². The van der Waals surface area contributed by atoms with Crippen molar-refractivity contribution < 1.29 is 4.74 Å². The molecule has 17 heavy (non-hydrogen) atoms. The third kappa shape index (κ3) is 2.55. The molecular weight excluding hydrogens is 232 g/mol. The predicted molar refractivity (Wildman–Crippen MR) is 71.7 cm³/mol. The summed E-state index contributed by atoms with van der Waals surface area (Å²) < 4.78 is 6.14. The second-order valence-electron chi connectivity index (χ2n) is 5.98. The minimum atomic E-state index is -0.150. The van der Waals surface area contributed by atoms with Crippen molar-refractivity contribution in [3.63, 3.8) is 0 Å². The molecule has 2 atom stereocenters. The number of hydrogen-bond acceptors (Lipinski definition) is 4. The van der Waals surface area contributed by atoms with Crippen LogP contribution in [0.1, 0.15) is 45.7 Å². The van der Waals surface area contributed by atoms with Gasteiger partial charge in [0.25, 0.3) is 0 Å². The molecule has 0 spiro atoms. The average Bonchev–Trinajstić information content (AvgIpc) is 2.74. The van der Waals surface area contributed by atoms with E-state index in [1.165, 1.54) is 5.56 Å². The van der Waals surface area contributed by atoms with Crippen LogP contribution in [0, 0.1) is 5.92 Å². The maximum Gasteiger partial charge on any atom is 0.0681 e. The van der Waals surface area contributed by atoms with Crippen molar-refractivity contribution in [1.29, 1.82) is 0 Å². The van der Waals surface area contributed by atoms with Gasteiger partial charge in [0.05, 0.1) is 17.2 Å².